The fourth-order valence-corrected chi connectivity index (χ4v) is 3.84. The number of aromatic nitrogens is 2. The molecule has 0 radical (unpaired) electrons. The Morgan fingerprint density at radius 1 is 0.731 bits per heavy atom. The third kappa shape index (κ3) is 2.10. The molecule has 0 unspecified atom stereocenters. The van der Waals surface area contributed by atoms with Crippen molar-refractivity contribution in [2.75, 3.05) is 5.32 Å². The van der Waals surface area contributed by atoms with E-state index in [-0.39, 0.29) is 11.5 Å². The van der Waals surface area contributed by atoms with E-state index in [4.69, 9.17) is 0 Å². The predicted molar refractivity (Wildman–Crippen MR) is 102 cm³/mol. The average molecular weight is 341 g/mol. The van der Waals surface area contributed by atoms with Crippen molar-refractivity contribution in [3.8, 4) is 0 Å². The lowest BCUT2D eigenvalue weighted by atomic mass is 9.80. The first-order valence-corrected chi connectivity index (χ1v) is 8.42. The molecule has 1 aliphatic heterocycles. The monoisotopic (exact) mass is 341 g/mol. The lowest BCUT2D eigenvalue weighted by Gasteiger charge is -2.29. The number of benzene rings is 3. The summed E-state index contributed by atoms with van der Waals surface area (Å²) in [5.41, 5.74) is 2.58. The zero-order valence-electron chi connectivity index (χ0n) is 13.7. The molecule has 5 heteroatoms. The molecule has 0 aliphatic carbocycles. The number of anilines is 2. The number of fused-ring (bicyclic) bond motifs is 4. The Labute approximate surface area is 148 Å². The van der Waals surface area contributed by atoms with Gasteiger partial charge in [-0.15, -0.1) is 0 Å². The van der Waals surface area contributed by atoms with E-state index in [9.17, 15) is 9.59 Å². The van der Waals surface area contributed by atoms with Crippen molar-refractivity contribution in [2.45, 2.75) is 5.92 Å². The minimum absolute atomic E-state index is 0.269. The van der Waals surface area contributed by atoms with Crippen LogP contribution in [0.5, 0.6) is 0 Å². The molecule has 0 saturated carbocycles. The highest BCUT2D eigenvalue weighted by Crippen LogP contribution is 2.45. The smallest absolute Gasteiger partial charge is 0.327 e. The van der Waals surface area contributed by atoms with Gasteiger partial charge in [-0.3, -0.25) is 14.8 Å². The summed E-state index contributed by atoms with van der Waals surface area (Å²) in [6.07, 6.45) is 0. The van der Waals surface area contributed by atoms with Crippen LogP contribution in [0.1, 0.15) is 22.6 Å². The number of H-pyrrole nitrogens is 2. The minimum atomic E-state index is -0.516. The Kier molecular flexibility index (Phi) is 3.09. The van der Waals surface area contributed by atoms with Gasteiger partial charge in [0.2, 0.25) is 0 Å². The standard InChI is InChI=1S/C21H15N3O2/c25-20-18-16(13-7-2-1-3-8-13)17-14-9-5-4-6-12(14)10-11-15(17)22-19(18)23-21(26)24-20/h1-11,16H,(H3,22,23,24,25,26)/t16-/m0/s1. The molecule has 0 bridgehead atoms. The van der Waals surface area contributed by atoms with Gasteiger partial charge in [-0.2, -0.15) is 0 Å². The van der Waals surface area contributed by atoms with Gasteiger partial charge in [-0.05, 0) is 28.0 Å². The molecule has 4 aromatic rings. The van der Waals surface area contributed by atoms with E-state index in [1.54, 1.807) is 0 Å². The van der Waals surface area contributed by atoms with Gasteiger partial charge in [-0.1, -0.05) is 60.7 Å². The lowest BCUT2D eigenvalue weighted by Crippen LogP contribution is -2.31. The van der Waals surface area contributed by atoms with Crippen molar-refractivity contribution in [3.05, 3.63) is 104 Å². The summed E-state index contributed by atoms with van der Waals surface area (Å²) in [6, 6.07) is 22.1. The highest BCUT2D eigenvalue weighted by atomic mass is 16.2. The molecule has 1 atom stereocenters. The molecule has 3 aromatic carbocycles. The molecule has 1 aliphatic rings. The third-order valence-electron chi connectivity index (χ3n) is 4.92. The molecular weight excluding hydrogens is 326 g/mol. The van der Waals surface area contributed by atoms with Crippen molar-refractivity contribution in [1.29, 1.82) is 0 Å². The fraction of sp³-hybridized carbons (Fsp3) is 0.0476. The summed E-state index contributed by atoms with van der Waals surface area (Å²) in [5, 5.41) is 5.43. The van der Waals surface area contributed by atoms with Gasteiger partial charge in [0.15, 0.2) is 0 Å². The maximum Gasteiger partial charge on any atom is 0.327 e. The number of rotatable bonds is 1. The molecule has 0 saturated heterocycles. The van der Waals surface area contributed by atoms with Crippen molar-refractivity contribution in [1.82, 2.24) is 9.97 Å². The maximum absolute atomic E-state index is 12.7. The Morgan fingerprint density at radius 3 is 2.35 bits per heavy atom. The molecule has 5 rings (SSSR count). The Morgan fingerprint density at radius 2 is 1.50 bits per heavy atom. The van der Waals surface area contributed by atoms with Crippen LogP contribution in [0.4, 0.5) is 11.5 Å². The zero-order chi connectivity index (χ0) is 17.7. The summed E-state index contributed by atoms with van der Waals surface area (Å²) in [5.74, 6) is 0.185. The predicted octanol–water partition coefficient (Wildman–Crippen LogP) is 3.45. The van der Waals surface area contributed by atoms with Gasteiger partial charge in [0.05, 0.1) is 5.56 Å². The normalized spacial score (nSPS) is 15.2. The van der Waals surface area contributed by atoms with Crippen molar-refractivity contribution >= 4 is 22.3 Å². The molecule has 0 amide bonds. The highest BCUT2D eigenvalue weighted by Gasteiger charge is 2.31. The average Bonchev–Trinajstić information content (AvgIpc) is 2.66. The van der Waals surface area contributed by atoms with Crippen LogP contribution in [0.2, 0.25) is 0 Å². The Balaban J connectivity index is 1.92. The summed E-state index contributed by atoms with van der Waals surface area (Å²) >= 11 is 0. The summed E-state index contributed by atoms with van der Waals surface area (Å²) in [7, 11) is 0. The van der Waals surface area contributed by atoms with Crippen molar-refractivity contribution < 1.29 is 0 Å². The van der Waals surface area contributed by atoms with Crippen LogP contribution in [-0.4, -0.2) is 9.97 Å². The van der Waals surface area contributed by atoms with Crippen LogP contribution in [0.25, 0.3) is 10.8 Å². The largest absolute Gasteiger partial charge is 0.341 e. The van der Waals surface area contributed by atoms with Gasteiger partial charge in [0.25, 0.3) is 5.56 Å². The van der Waals surface area contributed by atoms with Gasteiger partial charge in [-0.25, -0.2) is 4.79 Å². The van der Waals surface area contributed by atoms with Gasteiger partial charge in [0.1, 0.15) is 5.82 Å². The molecule has 2 heterocycles. The highest BCUT2D eigenvalue weighted by molar-refractivity contribution is 5.94. The van der Waals surface area contributed by atoms with E-state index < -0.39 is 5.69 Å². The summed E-state index contributed by atoms with van der Waals surface area (Å²) in [6.45, 7) is 0. The van der Waals surface area contributed by atoms with Crippen LogP contribution >= 0.6 is 0 Å². The molecular formula is C21H15N3O2. The van der Waals surface area contributed by atoms with Crippen molar-refractivity contribution in [2.24, 2.45) is 0 Å². The second kappa shape index (κ2) is 5.46. The zero-order valence-corrected chi connectivity index (χ0v) is 13.7. The first-order chi connectivity index (χ1) is 12.7. The topological polar surface area (TPSA) is 77.8 Å². The van der Waals surface area contributed by atoms with Crippen LogP contribution in [0, 0.1) is 0 Å². The number of hydrogen-bond donors (Lipinski definition) is 3. The van der Waals surface area contributed by atoms with E-state index in [2.05, 4.69) is 27.4 Å². The molecule has 0 spiro atoms. The quantitative estimate of drug-likeness (QED) is 0.437. The fourth-order valence-electron chi connectivity index (χ4n) is 3.84. The van der Waals surface area contributed by atoms with Crippen LogP contribution < -0.4 is 16.6 Å². The van der Waals surface area contributed by atoms with Gasteiger partial charge in [0, 0.05) is 11.6 Å². The number of aromatic amines is 2. The van der Waals surface area contributed by atoms with E-state index >= 15 is 0 Å². The molecule has 3 N–H and O–H groups in total. The van der Waals surface area contributed by atoms with Gasteiger partial charge >= 0.3 is 5.69 Å². The maximum atomic E-state index is 12.7. The summed E-state index contributed by atoms with van der Waals surface area (Å²) in [4.78, 5) is 29.6. The lowest BCUT2D eigenvalue weighted by molar-refractivity contribution is 0.893. The third-order valence-corrected chi connectivity index (χ3v) is 4.92. The number of nitrogens with one attached hydrogen (secondary N) is 3. The minimum Gasteiger partial charge on any atom is -0.341 e. The summed E-state index contributed by atoms with van der Waals surface area (Å²) < 4.78 is 0. The molecule has 126 valence electrons. The Hall–Kier alpha value is -3.60. The molecule has 5 nitrogen and oxygen atoms in total. The Bertz CT molecular complexity index is 1260. The first-order valence-electron chi connectivity index (χ1n) is 8.42. The SMILES string of the molecule is O=c1[nH]c2c(c(=O)[nH]1)[C@@H](c1ccccc1)c1c(ccc3ccccc13)N2. The molecule has 26 heavy (non-hydrogen) atoms. The molecule has 0 fully saturated rings. The van der Waals surface area contributed by atoms with Gasteiger partial charge < -0.3 is 5.32 Å². The van der Waals surface area contributed by atoms with E-state index in [1.807, 2.05) is 54.6 Å². The molecule has 1 aromatic heterocycles. The first kappa shape index (κ1) is 14.7. The van der Waals surface area contributed by atoms with E-state index in [0.717, 1.165) is 27.6 Å². The van der Waals surface area contributed by atoms with E-state index in [0.29, 0.717) is 11.4 Å². The van der Waals surface area contributed by atoms with Crippen LogP contribution in [-0.2, 0) is 0 Å². The second-order valence-corrected chi connectivity index (χ2v) is 6.41. The van der Waals surface area contributed by atoms with E-state index in [1.165, 1.54) is 0 Å². The van der Waals surface area contributed by atoms with Crippen LogP contribution in [0.3, 0.4) is 0 Å². The second-order valence-electron chi connectivity index (χ2n) is 6.41. The van der Waals surface area contributed by atoms with Crippen molar-refractivity contribution in [3.63, 3.8) is 0 Å². The van der Waals surface area contributed by atoms with Crippen LogP contribution in [0.15, 0.2) is 76.3 Å². The number of hydrogen-bond acceptors (Lipinski definition) is 3.